The highest BCUT2D eigenvalue weighted by Gasteiger charge is 2.22. The molecule has 2 saturated heterocycles. The molecule has 40 heavy (non-hydrogen) atoms. The van der Waals surface area contributed by atoms with Crippen molar-refractivity contribution in [2.24, 2.45) is 0 Å². The molecule has 0 radical (unpaired) electrons. The maximum atomic E-state index is 6.01. The van der Waals surface area contributed by atoms with Gasteiger partial charge in [-0.25, -0.2) is 0 Å². The highest BCUT2D eigenvalue weighted by Crippen LogP contribution is 2.27. The van der Waals surface area contributed by atoms with Crippen LogP contribution in [0, 0.1) is 0 Å². The molecule has 0 spiro atoms. The van der Waals surface area contributed by atoms with E-state index in [1.165, 1.54) is 18.5 Å². The van der Waals surface area contributed by atoms with Crippen LogP contribution in [0.2, 0.25) is 5.02 Å². The second kappa shape index (κ2) is 12.1. The smallest absolute Gasteiger partial charge is 0.232 e. The summed E-state index contributed by atoms with van der Waals surface area (Å²) in [6.45, 7) is 6.13. The highest BCUT2D eigenvalue weighted by molar-refractivity contribution is 7.80. The van der Waals surface area contributed by atoms with Crippen molar-refractivity contribution in [2.75, 3.05) is 59.3 Å². The van der Waals surface area contributed by atoms with Gasteiger partial charge in [0.1, 0.15) is 23.2 Å². The van der Waals surface area contributed by atoms with E-state index in [2.05, 4.69) is 61.7 Å². The van der Waals surface area contributed by atoms with Gasteiger partial charge in [0.2, 0.25) is 5.95 Å². The number of rotatable bonds is 7. The van der Waals surface area contributed by atoms with Crippen molar-refractivity contribution in [3.8, 4) is 11.3 Å². The number of anilines is 4. The number of nitrogens with zero attached hydrogens (tertiary/aromatic N) is 5. The summed E-state index contributed by atoms with van der Waals surface area (Å²) < 4.78 is 5.99. The number of thiocarbonyl (C=S) groups is 1. The first-order valence-corrected chi connectivity index (χ1v) is 14.5. The Balaban J connectivity index is 1.11. The number of benzene rings is 2. The molecule has 0 amide bonds. The fourth-order valence-corrected chi connectivity index (χ4v) is 5.43. The Labute approximate surface area is 245 Å². The van der Waals surface area contributed by atoms with Crippen molar-refractivity contribution in [1.29, 1.82) is 0 Å². The standard InChI is InChI=1S/C30H32ClN7OS/c31-23-10-8-22(9-11-23)26-13-12-25(39-26)21-32-30(40)35-29-33-27(37-14-4-5-15-37)20-28(34-29)38-18-16-36(17-19-38)24-6-2-1-3-7-24/h1-3,6-13,20H,4-5,14-19,21H2,(H2,32,33,34,35,40). The molecule has 2 aliphatic rings. The lowest BCUT2D eigenvalue weighted by molar-refractivity contribution is 0.516. The van der Waals surface area contributed by atoms with E-state index in [9.17, 15) is 0 Å². The molecule has 2 aromatic carbocycles. The number of aromatic nitrogens is 2. The fourth-order valence-electron chi connectivity index (χ4n) is 5.14. The van der Waals surface area contributed by atoms with Gasteiger partial charge in [0, 0.05) is 61.6 Å². The van der Waals surface area contributed by atoms with Crippen LogP contribution in [0.25, 0.3) is 11.3 Å². The van der Waals surface area contributed by atoms with Crippen LogP contribution in [0.1, 0.15) is 18.6 Å². The third-order valence-electron chi connectivity index (χ3n) is 7.29. The number of hydrogen-bond acceptors (Lipinski definition) is 7. The lowest BCUT2D eigenvalue weighted by Gasteiger charge is -2.37. The van der Waals surface area contributed by atoms with E-state index in [0.717, 1.165) is 68.0 Å². The molecule has 4 aromatic rings. The van der Waals surface area contributed by atoms with E-state index in [-0.39, 0.29) is 0 Å². The lowest BCUT2D eigenvalue weighted by atomic mass is 10.2. The average molecular weight is 574 g/mol. The van der Waals surface area contributed by atoms with Crippen molar-refractivity contribution in [3.63, 3.8) is 0 Å². The number of piperazine rings is 1. The van der Waals surface area contributed by atoms with Gasteiger partial charge in [-0.05, 0) is 73.6 Å². The zero-order chi connectivity index (χ0) is 27.3. The van der Waals surface area contributed by atoms with Crippen molar-refractivity contribution >= 4 is 52.2 Å². The Bertz CT molecular complexity index is 1430. The number of furan rings is 1. The second-order valence-electron chi connectivity index (χ2n) is 9.99. The van der Waals surface area contributed by atoms with Gasteiger partial charge in [-0.15, -0.1) is 0 Å². The third-order valence-corrected chi connectivity index (χ3v) is 7.79. The molecule has 0 atom stereocenters. The second-order valence-corrected chi connectivity index (χ2v) is 10.8. The number of halogens is 1. The Morgan fingerprint density at radius 2 is 1.45 bits per heavy atom. The van der Waals surface area contributed by atoms with Crippen LogP contribution in [0.3, 0.4) is 0 Å². The summed E-state index contributed by atoms with van der Waals surface area (Å²) in [4.78, 5) is 16.8. The molecule has 206 valence electrons. The van der Waals surface area contributed by atoms with Gasteiger partial charge in [-0.2, -0.15) is 9.97 Å². The Morgan fingerprint density at radius 3 is 2.15 bits per heavy atom. The zero-order valence-corrected chi connectivity index (χ0v) is 23.8. The van der Waals surface area contributed by atoms with Gasteiger partial charge in [-0.3, -0.25) is 0 Å². The average Bonchev–Trinajstić information content (AvgIpc) is 3.70. The van der Waals surface area contributed by atoms with Gasteiger partial charge in [0.15, 0.2) is 5.11 Å². The summed E-state index contributed by atoms with van der Waals surface area (Å²) >= 11 is 11.6. The lowest BCUT2D eigenvalue weighted by Crippen LogP contribution is -2.47. The molecule has 2 fully saturated rings. The molecule has 0 aliphatic carbocycles. The van der Waals surface area contributed by atoms with E-state index < -0.39 is 0 Å². The minimum atomic E-state index is 0.444. The zero-order valence-electron chi connectivity index (χ0n) is 22.2. The molecule has 2 N–H and O–H groups in total. The van der Waals surface area contributed by atoms with E-state index in [1.54, 1.807) is 0 Å². The molecule has 10 heteroatoms. The number of nitrogens with one attached hydrogen (secondary N) is 2. The van der Waals surface area contributed by atoms with E-state index in [4.69, 9.17) is 38.2 Å². The molecule has 6 rings (SSSR count). The van der Waals surface area contributed by atoms with Crippen LogP contribution in [0.15, 0.2) is 77.2 Å². The van der Waals surface area contributed by atoms with Crippen LogP contribution in [-0.4, -0.2) is 54.3 Å². The van der Waals surface area contributed by atoms with Crippen molar-refractivity contribution in [3.05, 3.63) is 83.6 Å². The first-order valence-electron chi connectivity index (χ1n) is 13.7. The molecule has 0 saturated carbocycles. The van der Waals surface area contributed by atoms with Crippen molar-refractivity contribution in [2.45, 2.75) is 19.4 Å². The van der Waals surface area contributed by atoms with Gasteiger partial charge in [-0.1, -0.05) is 29.8 Å². The molecule has 2 aliphatic heterocycles. The summed E-state index contributed by atoms with van der Waals surface area (Å²) in [6, 6.07) is 24.2. The predicted octanol–water partition coefficient (Wildman–Crippen LogP) is 5.80. The van der Waals surface area contributed by atoms with Gasteiger partial charge in [0.05, 0.1) is 6.54 Å². The highest BCUT2D eigenvalue weighted by atomic mass is 35.5. The predicted molar refractivity (Wildman–Crippen MR) is 167 cm³/mol. The molecule has 8 nitrogen and oxygen atoms in total. The first-order chi connectivity index (χ1) is 19.6. The van der Waals surface area contributed by atoms with E-state index in [1.807, 2.05) is 36.4 Å². The maximum absolute atomic E-state index is 6.01. The minimum Gasteiger partial charge on any atom is -0.459 e. The van der Waals surface area contributed by atoms with Gasteiger partial charge in [0.25, 0.3) is 0 Å². The maximum Gasteiger partial charge on any atom is 0.232 e. The fraction of sp³-hybridized carbons (Fsp3) is 0.300. The largest absolute Gasteiger partial charge is 0.459 e. The normalized spacial score (nSPS) is 15.4. The Kier molecular flexibility index (Phi) is 8.02. The van der Waals surface area contributed by atoms with Crippen LogP contribution in [-0.2, 0) is 6.54 Å². The van der Waals surface area contributed by atoms with Gasteiger partial charge >= 0.3 is 0 Å². The van der Waals surface area contributed by atoms with Crippen LogP contribution < -0.4 is 25.3 Å². The molecule has 4 heterocycles. The Morgan fingerprint density at radius 1 is 0.800 bits per heavy atom. The monoisotopic (exact) mass is 573 g/mol. The molecular formula is C30H32ClN7OS. The van der Waals surface area contributed by atoms with Crippen LogP contribution in [0.5, 0.6) is 0 Å². The molecule has 0 unspecified atom stereocenters. The number of hydrogen-bond donors (Lipinski definition) is 2. The van der Waals surface area contributed by atoms with Crippen LogP contribution >= 0.6 is 23.8 Å². The van der Waals surface area contributed by atoms with Crippen LogP contribution in [0.4, 0.5) is 23.3 Å². The Hall–Kier alpha value is -3.82. The summed E-state index contributed by atoms with van der Waals surface area (Å²) in [5.74, 6) is 3.93. The summed E-state index contributed by atoms with van der Waals surface area (Å²) in [7, 11) is 0. The molecule has 2 aromatic heterocycles. The quantitative estimate of drug-likeness (QED) is 0.267. The molecular weight excluding hydrogens is 542 g/mol. The van der Waals surface area contributed by atoms with Gasteiger partial charge < -0.3 is 29.8 Å². The topological polar surface area (TPSA) is 72.7 Å². The SMILES string of the molecule is S=C(NCc1ccc(-c2ccc(Cl)cc2)o1)Nc1nc(N2CCCC2)cc(N2CCN(c3ccccc3)CC2)n1. The van der Waals surface area contributed by atoms with Crippen molar-refractivity contribution < 1.29 is 4.42 Å². The number of para-hydroxylation sites is 1. The summed E-state index contributed by atoms with van der Waals surface area (Å²) in [6.07, 6.45) is 2.36. The van der Waals surface area contributed by atoms with E-state index in [0.29, 0.717) is 22.6 Å². The van der Waals surface area contributed by atoms with Crippen molar-refractivity contribution in [1.82, 2.24) is 15.3 Å². The summed E-state index contributed by atoms with van der Waals surface area (Å²) in [5, 5.41) is 7.58. The third kappa shape index (κ3) is 6.32. The minimum absolute atomic E-state index is 0.444. The van der Waals surface area contributed by atoms with E-state index >= 15 is 0 Å². The first kappa shape index (κ1) is 26.4. The molecule has 0 bridgehead atoms. The summed E-state index contributed by atoms with van der Waals surface area (Å²) in [5.41, 5.74) is 2.24.